The van der Waals surface area contributed by atoms with Crippen LogP contribution in [0.25, 0.3) is 0 Å². The molecule has 1 heterocycles. The molecule has 2 rings (SSSR count). The Balaban J connectivity index is 1.89. The summed E-state index contributed by atoms with van der Waals surface area (Å²) in [6.45, 7) is 15.3. The first-order valence-electron chi connectivity index (χ1n) is 10.9. The Kier molecular flexibility index (Phi) is 9.08. The standard InChI is InChI=1S/C21H42O4Si/c1-16(2)13-22-26(23-14-17(3)4,24-15-18(5)6)11-7-8-19-9-10-20-21(12-19)25-20/h16-21H,7-15H2,1-6H3. The highest BCUT2D eigenvalue weighted by Gasteiger charge is 2.45. The fraction of sp³-hybridized carbons (Fsp3) is 1.00. The van der Waals surface area contributed by atoms with Crippen molar-refractivity contribution in [1.29, 1.82) is 0 Å². The average molecular weight is 387 g/mol. The van der Waals surface area contributed by atoms with Crippen LogP contribution in [0, 0.1) is 23.7 Å². The van der Waals surface area contributed by atoms with E-state index in [2.05, 4.69) is 41.5 Å². The van der Waals surface area contributed by atoms with Gasteiger partial charge in [-0.1, -0.05) is 48.0 Å². The van der Waals surface area contributed by atoms with Crippen LogP contribution in [0.3, 0.4) is 0 Å². The summed E-state index contributed by atoms with van der Waals surface area (Å²) in [7, 11) is -2.61. The number of hydrogen-bond donors (Lipinski definition) is 0. The molecule has 2 aliphatic rings. The highest BCUT2D eigenvalue weighted by molar-refractivity contribution is 6.60. The van der Waals surface area contributed by atoms with Gasteiger partial charge in [-0.3, -0.25) is 0 Å². The molecule has 1 aliphatic carbocycles. The van der Waals surface area contributed by atoms with Crippen LogP contribution in [0.5, 0.6) is 0 Å². The Morgan fingerprint density at radius 1 is 0.808 bits per heavy atom. The minimum Gasteiger partial charge on any atom is -0.373 e. The van der Waals surface area contributed by atoms with E-state index in [0.717, 1.165) is 38.2 Å². The van der Waals surface area contributed by atoms with Crippen molar-refractivity contribution in [3.8, 4) is 0 Å². The van der Waals surface area contributed by atoms with Crippen LogP contribution < -0.4 is 0 Å². The van der Waals surface area contributed by atoms with Gasteiger partial charge >= 0.3 is 8.80 Å². The molecule has 1 saturated carbocycles. The molecule has 0 N–H and O–H groups in total. The molecule has 1 saturated heterocycles. The fourth-order valence-corrected chi connectivity index (χ4v) is 6.66. The zero-order valence-corrected chi connectivity index (χ0v) is 19.0. The minimum absolute atomic E-state index is 0.495. The second-order valence-corrected chi connectivity index (χ2v) is 12.3. The molecule has 4 nitrogen and oxygen atoms in total. The zero-order chi connectivity index (χ0) is 19.2. The summed E-state index contributed by atoms with van der Waals surface area (Å²) in [6.07, 6.45) is 7.40. The molecule has 0 aromatic rings. The summed E-state index contributed by atoms with van der Waals surface area (Å²) in [6, 6.07) is 0.949. The fourth-order valence-electron chi connectivity index (χ4n) is 3.58. The van der Waals surface area contributed by atoms with Crippen LogP contribution in [-0.2, 0) is 18.0 Å². The van der Waals surface area contributed by atoms with Gasteiger partial charge in [0.2, 0.25) is 0 Å². The van der Waals surface area contributed by atoms with Crippen LogP contribution in [0.4, 0.5) is 0 Å². The van der Waals surface area contributed by atoms with Crippen molar-refractivity contribution in [3.05, 3.63) is 0 Å². The second-order valence-electron chi connectivity index (χ2n) is 9.58. The Labute approximate surface area is 162 Å². The van der Waals surface area contributed by atoms with Gasteiger partial charge < -0.3 is 18.0 Å². The van der Waals surface area contributed by atoms with Crippen LogP contribution in [0.15, 0.2) is 0 Å². The number of rotatable bonds is 13. The molecule has 2 fully saturated rings. The highest BCUT2D eigenvalue weighted by atomic mass is 28.4. The van der Waals surface area contributed by atoms with E-state index in [9.17, 15) is 0 Å². The summed E-state index contributed by atoms with van der Waals surface area (Å²) >= 11 is 0. The van der Waals surface area contributed by atoms with Crippen LogP contribution >= 0.6 is 0 Å². The molecule has 0 radical (unpaired) electrons. The van der Waals surface area contributed by atoms with Gasteiger partial charge in [0.05, 0.1) is 12.2 Å². The lowest BCUT2D eigenvalue weighted by Crippen LogP contribution is -2.48. The largest absolute Gasteiger partial charge is 0.500 e. The SMILES string of the molecule is CC(C)CO[Si](CCCC1CCC2OC2C1)(OCC(C)C)OCC(C)C. The normalized spacial score (nSPS) is 26.0. The van der Waals surface area contributed by atoms with E-state index in [1.54, 1.807) is 0 Å². The molecular formula is C21H42O4Si. The second kappa shape index (κ2) is 10.6. The maximum absolute atomic E-state index is 6.38. The van der Waals surface area contributed by atoms with Crippen molar-refractivity contribution in [2.24, 2.45) is 23.7 Å². The zero-order valence-electron chi connectivity index (χ0n) is 18.0. The van der Waals surface area contributed by atoms with E-state index >= 15 is 0 Å². The van der Waals surface area contributed by atoms with Crippen LogP contribution in [-0.4, -0.2) is 40.8 Å². The molecule has 0 aromatic carbocycles. The third kappa shape index (κ3) is 7.97. The van der Waals surface area contributed by atoms with Gasteiger partial charge in [0.1, 0.15) is 0 Å². The lowest BCUT2D eigenvalue weighted by molar-refractivity contribution is 0.0359. The van der Waals surface area contributed by atoms with Gasteiger partial charge in [0.15, 0.2) is 0 Å². The lowest BCUT2D eigenvalue weighted by atomic mass is 9.86. The maximum atomic E-state index is 6.38. The lowest BCUT2D eigenvalue weighted by Gasteiger charge is -2.32. The molecule has 0 aromatic heterocycles. The Bertz CT molecular complexity index is 368. The molecule has 26 heavy (non-hydrogen) atoms. The van der Waals surface area contributed by atoms with Crippen molar-refractivity contribution in [2.45, 2.75) is 91.9 Å². The van der Waals surface area contributed by atoms with Crippen LogP contribution in [0.2, 0.25) is 6.04 Å². The molecular weight excluding hydrogens is 344 g/mol. The van der Waals surface area contributed by atoms with Crippen molar-refractivity contribution >= 4 is 8.80 Å². The quantitative estimate of drug-likeness (QED) is 0.318. The predicted octanol–water partition coefficient (Wildman–Crippen LogP) is 5.29. The van der Waals surface area contributed by atoms with E-state index in [4.69, 9.17) is 18.0 Å². The van der Waals surface area contributed by atoms with E-state index in [1.807, 2.05) is 0 Å². The van der Waals surface area contributed by atoms with Gasteiger partial charge in [-0.2, -0.15) is 0 Å². The third-order valence-electron chi connectivity index (χ3n) is 5.12. The Hall–Kier alpha value is 0.0569. The molecule has 0 amide bonds. The maximum Gasteiger partial charge on any atom is 0.500 e. The number of hydrogen-bond acceptors (Lipinski definition) is 4. The predicted molar refractivity (Wildman–Crippen MR) is 108 cm³/mol. The van der Waals surface area contributed by atoms with E-state index in [-0.39, 0.29) is 0 Å². The third-order valence-corrected chi connectivity index (χ3v) is 7.90. The van der Waals surface area contributed by atoms with Gasteiger partial charge in [0.25, 0.3) is 0 Å². The van der Waals surface area contributed by atoms with E-state index in [1.165, 1.54) is 25.7 Å². The minimum atomic E-state index is -2.61. The average Bonchev–Trinajstić information content (AvgIpc) is 3.34. The van der Waals surface area contributed by atoms with Crippen molar-refractivity contribution in [1.82, 2.24) is 0 Å². The monoisotopic (exact) mass is 386 g/mol. The molecule has 3 atom stereocenters. The highest BCUT2D eigenvalue weighted by Crippen LogP contribution is 2.41. The van der Waals surface area contributed by atoms with E-state index < -0.39 is 8.80 Å². The van der Waals surface area contributed by atoms with Crippen LogP contribution in [0.1, 0.15) is 73.6 Å². The first kappa shape index (κ1) is 22.3. The van der Waals surface area contributed by atoms with Gasteiger partial charge in [0, 0.05) is 25.9 Å². The van der Waals surface area contributed by atoms with Crippen molar-refractivity contribution < 1.29 is 18.0 Å². The summed E-state index contributed by atoms with van der Waals surface area (Å²) < 4.78 is 24.8. The number of fused-ring (bicyclic) bond motifs is 1. The van der Waals surface area contributed by atoms with Gasteiger partial charge in [-0.25, -0.2) is 0 Å². The Morgan fingerprint density at radius 3 is 1.81 bits per heavy atom. The molecule has 0 bridgehead atoms. The van der Waals surface area contributed by atoms with E-state index in [0.29, 0.717) is 30.0 Å². The number of ether oxygens (including phenoxy) is 1. The first-order valence-corrected chi connectivity index (χ1v) is 12.8. The number of epoxide rings is 1. The molecule has 0 spiro atoms. The molecule has 1 aliphatic heterocycles. The topological polar surface area (TPSA) is 40.2 Å². The van der Waals surface area contributed by atoms with Crippen molar-refractivity contribution in [2.75, 3.05) is 19.8 Å². The summed E-state index contributed by atoms with van der Waals surface area (Å²) in [5.74, 6) is 2.30. The summed E-state index contributed by atoms with van der Waals surface area (Å²) in [5, 5.41) is 0. The van der Waals surface area contributed by atoms with Gasteiger partial charge in [-0.05, 0) is 49.4 Å². The smallest absolute Gasteiger partial charge is 0.373 e. The Morgan fingerprint density at radius 2 is 1.35 bits per heavy atom. The first-order chi connectivity index (χ1) is 12.3. The summed E-state index contributed by atoms with van der Waals surface area (Å²) in [5.41, 5.74) is 0. The molecule has 3 unspecified atom stereocenters. The molecule has 154 valence electrons. The van der Waals surface area contributed by atoms with Crippen molar-refractivity contribution in [3.63, 3.8) is 0 Å². The summed E-state index contributed by atoms with van der Waals surface area (Å²) in [4.78, 5) is 0. The van der Waals surface area contributed by atoms with Gasteiger partial charge in [-0.15, -0.1) is 0 Å². The molecule has 5 heteroatoms.